The molecule has 2 aromatic heterocycles. The molecule has 0 saturated carbocycles. The number of nitrogens with zero attached hydrogens (tertiary/aromatic N) is 4. The van der Waals surface area contributed by atoms with Crippen LogP contribution in [0.2, 0.25) is 0 Å². The highest BCUT2D eigenvalue weighted by Gasteiger charge is 2.29. The lowest BCUT2D eigenvalue weighted by Crippen LogP contribution is -2.30. The van der Waals surface area contributed by atoms with Gasteiger partial charge in [-0.1, -0.05) is 6.58 Å². The largest absolute Gasteiger partial charge is 0.366 e. The van der Waals surface area contributed by atoms with Crippen LogP contribution >= 0.6 is 0 Å². The molecule has 2 aliphatic heterocycles. The van der Waals surface area contributed by atoms with E-state index in [4.69, 9.17) is 0 Å². The van der Waals surface area contributed by atoms with Gasteiger partial charge < -0.3 is 10.2 Å². The predicted molar refractivity (Wildman–Crippen MR) is 108 cm³/mol. The molecule has 2 fully saturated rings. The molecule has 1 atom stereocenters. The summed E-state index contributed by atoms with van der Waals surface area (Å²) in [6.45, 7) is 6.40. The molecule has 2 aliphatic rings. The molecule has 0 aromatic carbocycles. The van der Waals surface area contributed by atoms with Crippen LogP contribution in [0.3, 0.4) is 0 Å². The Morgan fingerprint density at radius 2 is 2.00 bits per heavy atom. The van der Waals surface area contributed by atoms with Gasteiger partial charge in [0.1, 0.15) is 11.6 Å². The first kappa shape index (κ1) is 18.2. The normalized spacial score (nSPS) is 21.5. The van der Waals surface area contributed by atoms with Gasteiger partial charge in [0.25, 0.3) is 0 Å². The van der Waals surface area contributed by atoms with Crippen LogP contribution in [0.5, 0.6) is 0 Å². The highest BCUT2D eigenvalue weighted by Crippen LogP contribution is 2.28. The van der Waals surface area contributed by atoms with E-state index >= 15 is 0 Å². The van der Waals surface area contributed by atoms with Crippen molar-refractivity contribution in [2.24, 2.45) is 0 Å². The predicted octanol–water partition coefficient (Wildman–Crippen LogP) is 2.58. The molecule has 4 heterocycles. The van der Waals surface area contributed by atoms with Gasteiger partial charge in [-0.15, -0.1) is 0 Å². The first-order valence-electron chi connectivity index (χ1n) is 9.46. The minimum atomic E-state index is -3.36. The maximum absolute atomic E-state index is 11.9. The van der Waals surface area contributed by atoms with E-state index < -0.39 is 10.0 Å². The molecular weight excluding hydrogens is 362 g/mol. The summed E-state index contributed by atoms with van der Waals surface area (Å²) >= 11 is 0. The smallest absolute Gasteiger partial charge is 0.235 e. The number of fused-ring (bicyclic) bond motifs is 1. The number of aromatic nitrogens is 2. The van der Waals surface area contributed by atoms with Crippen molar-refractivity contribution in [2.75, 3.05) is 36.4 Å². The molecular formula is C19H25N5O2S. The number of hydrogen-bond acceptors (Lipinski definition) is 6. The van der Waals surface area contributed by atoms with E-state index in [2.05, 4.69) is 26.8 Å². The van der Waals surface area contributed by atoms with E-state index in [1.807, 2.05) is 24.5 Å². The number of pyridine rings is 2. The number of hydrogen-bond donors (Lipinski definition) is 1. The molecule has 2 saturated heterocycles. The minimum Gasteiger partial charge on any atom is -0.366 e. The molecule has 2 aromatic rings. The van der Waals surface area contributed by atoms with Crippen LogP contribution in [0.4, 0.5) is 11.6 Å². The van der Waals surface area contributed by atoms with E-state index in [-0.39, 0.29) is 6.04 Å². The lowest BCUT2D eigenvalue weighted by molar-refractivity contribution is 0.483. The summed E-state index contributed by atoms with van der Waals surface area (Å²) in [5.74, 6) is 1.77. The quantitative estimate of drug-likeness (QED) is 0.850. The zero-order valence-electron chi connectivity index (χ0n) is 15.3. The molecule has 0 aliphatic carbocycles. The fourth-order valence-corrected chi connectivity index (χ4v) is 4.84. The molecule has 0 spiro atoms. The van der Waals surface area contributed by atoms with Crippen molar-refractivity contribution >= 4 is 32.4 Å². The Hall–Kier alpha value is -2.19. The molecule has 0 bridgehead atoms. The maximum Gasteiger partial charge on any atom is 0.235 e. The van der Waals surface area contributed by atoms with Crippen molar-refractivity contribution in [2.45, 2.75) is 31.7 Å². The Kier molecular flexibility index (Phi) is 5.01. The van der Waals surface area contributed by atoms with Crippen LogP contribution in [0.1, 0.15) is 25.7 Å². The van der Waals surface area contributed by atoms with Crippen LogP contribution in [-0.2, 0) is 10.0 Å². The van der Waals surface area contributed by atoms with Crippen molar-refractivity contribution in [1.82, 2.24) is 14.3 Å². The highest BCUT2D eigenvalue weighted by atomic mass is 32.2. The number of piperidine rings is 1. The van der Waals surface area contributed by atoms with E-state index in [0.717, 1.165) is 47.3 Å². The number of sulfonamides is 1. The summed E-state index contributed by atoms with van der Waals surface area (Å²) in [5.41, 5.74) is 0. The fraction of sp³-hybridized carbons (Fsp3) is 0.474. The monoisotopic (exact) mass is 387 g/mol. The molecule has 0 amide bonds. The minimum absolute atomic E-state index is 0.0415. The van der Waals surface area contributed by atoms with Crippen molar-refractivity contribution in [3.63, 3.8) is 0 Å². The maximum atomic E-state index is 11.9. The Balaban J connectivity index is 1.56. The van der Waals surface area contributed by atoms with E-state index in [1.54, 1.807) is 0 Å². The second-order valence-electron chi connectivity index (χ2n) is 7.17. The van der Waals surface area contributed by atoms with Crippen LogP contribution in [0.15, 0.2) is 36.5 Å². The van der Waals surface area contributed by atoms with Gasteiger partial charge in [-0.25, -0.2) is 18.4 Å². The molecule has 8 heteroatoms. The van der Waals surface area contributed by atoms with Gasteiger partial charge in [-0.3, -0.25) is 0 Å². The molecule has 144 valence electrons. The summed E-state index contributed by atoms with van der Waals surface area (Å²) in [7, 11) is -3.36. The summed E-state index contributed by atoms with van der Waals surface area (Å²) in [5, 5.41) is 6.56. The topological polar surface area (TPSA) is 78.4 Å². The van der Waals surface area contributed by atoms with Gasteiger partial charge in [0, 0.05) is 60.8 Å². The summed E-state index contributed by atoms with van der Waals surface area (Å²) < 4.78 is 25.3. The third-order valence-corrected chi connectivity index (χ3v) is 6.83. The average molecular weight is 388 g/mol. The van der Waals surface area contributed by atoms with Gasteiger partial charge in [-0.2, -0.15) is 4.31 Å². The lowest BCUT2D eigenvalue weighted by Gasteiger charge is -2.28. The highest BCUT2D eigenvalue weighted by molar-refractivity contribution is 7.92. The SMILES string of the molecule is C=CS(=O)(=O)N1CCC(Nc2cc3c(N4CCCCC4)nccc3cn2)C1. The molecule has 7 nitrogen and oxygen atoms in total. The van der Waals surface area contributed by atoms with Crippen LogP contribution < -0.4 is 10.2 Å². The molecule has 1 unspecified atom stereocenters. The van der Waals surface area contributed by atoms with Crippen LogP contribution in [-0.4, -0.2) is 54.9 Å². The summed E-state index contributed by atoms with van der Waals surface area (Å²) in [6.07, 6.45) is 8.13. The Bertz CT molecular complexity index is 940. The number of nitrogens with one attached hydrogen (secondary N) is 1. The van der Waals surface area contributed by atoms with E-state index in [0.29, 0.717) is 13.1 Å². The van der Waals surface area contributed by atoms with Gasteiger partial charge in [0.05, 0.1) is 0 Å². The molecule has 0 radical (unpaired) electrons. The lowest BCUT2D eigenvalue weighted by atomic mass is 10.1. The number of rotatable bonds is 5. The zero-order valence-corrected chi connectivity index (χ0v) is 16.2. The van der Waals surface area contributed by atoms with Crippen molar-refractivity contribution in [3.8, 4) is 0 Å². The second-order valence-corrected chi connectivity index (χ2v) is 9.05. The molecule has 27 heavy (non-hydrogen) atoms. The van der Waals surface area contributed by atoms with Crippen LogP contribution in [0.25, 0.3) is 10.8 Å². The Morgan fingerprint density at radius 3 is 2.78 bits per heavy atom. The van der Waals surface area contributed by atoms with Crippen molar-refractivity contribution < 1.29 is 8.42 Å². The average Bonchev–Trinajstić information content (AvgIpc) is 3.17. The van der Waals surface area contributed by atoms with Crippen LogP contribution in [0, 0.1) is 0 Å². The van der Waals surface area contributed by atoms with Gasteiger partial charge in [-0.05, 0) is 37.8 Å². The Morgan fingerprint density at radius 1 is 1.19 bits per heavy atom. The van der Waals surface area contributed by atoms with Crippen molar-refractivity contribution in [3.05, 3.63) is 36.5 Å². The third kappa shape index (κ3) is 3.77. The van der Waals surface area contributed by atoms with Gasteiger partial charge in [0.15, 0.2) is 0 Å². The third-order valence-electron chi connectivity index (χ3n) is 5.36. The van der Waals surface area contributed by atoms with Gasteiger partial charge in [0.2, 0.25) is 10.0 Å². The van der Waals surface area contributed by atoms with Crippen molar-refractivity contribution in [1.29, 1.82) is 0 Å². The zero-order chi connectivity index (χ0) is 18.9. The first-order chi connectivity index (χ1) is 13.1. The van der Waals surface area contributed by atoms with E-state index in [9.17, 15) is 8.42 Å². The molecule has 4 rings (SSSR count). The molecule has 1 N–H and O–H groups in total. The summed E-state index contributed by atoms with van der Waals surface area (Å²) in [4.78, 5) is 11.5. The Labute approximate surface area is 160 Å². The van der Waals surface area contributed by atoms with Gasteiger partial charge >= 0.3 is 0 Å². The first-order valence-corrected chi connectivity index (χ1v) is 11.0. The number of anilines is 2. The van der Waals surface area contributed by atoms with E-state index in [1.165, 1.54) is 23.6 Å². The fourth-order valence-electron chi connectivity index (χ4n) is 3.88. The standard InChI is InChI=1S/C19H25N5O2S/c1-2-27(25,26)24-11-7-16(14-24)22-18-12-17-15(13-21-18)6-8-20-19(17)23-9-4-3-5-10-23/h2,6,8,12-13,16H,1,3-5,7,9-11,14H2,(H,21,22). The second kappa shape index (κ2) is 7.44. The summed E-state index contributed by atoms with van der Waals surface area (Å²) in [6, 6.07) is 4.06.